The monoisotopic (exact) mass is 484 g/mol. The molecular weight excluding hydrogens is 448 g/mol. The van der Waals surface area contributed by atoms with Gasteiger partial charge in [0.15, 0.2) is 0 Å². The number of piperidine rings is 1. The lowest BCUT2D eigenvalue weighted by Gasteiger charge is -2.37. The van der Waals surface area contributed by atoms with E-state index in [0.29, 0.717) is 63.5 Å². The lowest BCUT2D eigenvalue weighted by atomic mass is 9.97. The predicted octanol–water partition coefficient (Wildman–Crippen LogP) is 1.66. The van der Waals surface area contributed by atoms with E-state index in [9.17, 15) is 9.90 Å². The Morgan fingerprint density at radius 1 is 1.03 bits per heavy atom. The average Bonchev–Trinajstić information content (AvgIpc) is 2.89. The second-order valence-electron chi connectivity index (χ2n) is 8.80. The van der Waals surface area contributed by atoms with E-state index in [1.54, 1.807) is 0 Å². The molecule has 2 saturated heterocycles. The molecular formula is C24H36N8O3. The summed E-state index contributed by atoms with van der Waals surface area (Å²) in [6.45, 7) is 8.32. The van der Waals surface area contributed by atoms with Crippen LogP contribution in [0.2, 0.25) is 0 Å². The van der Waals surface area contributed by atoms with E-state index in [2.05, 4.69) is 31.1 Å². The number of carbonyl (C=O) groups is 1. The first-order chi connectivity index (χ1) is 17.1. The molecule has 0 saturated carbocycles. The summed E-state index contributed by atoms with van der Waals surface area (Å²) in [5, 5.41) is 12.6. The van der Waals surface area contributed by atoms with Gasteiger partial charge in [-0.25, -0.2) is 0 Å². The van der Waals surface area contributed by atoms with Crippen molar-refractivity contribution in [2.75, 3.05) is 79.0 Å². The number of nitrogens with two attached hydrogens (primary N) is 1. The fraction of sp³-hybridized carbons (Fsp3) is 0.583. The van der Waals surface area contributed by atoms with Crippen LogP contribution in [-0.4, -0.2) is 85.0 Å². The zero-order valence-corrected chi connectivity index (χ0v) is 20.4. The topological polar surface area (TPSA) is 133 Å². The number of rotatable bonds is 10. The molecule has 0 spiro atoms. The second kappa shape index (κ2) is 11.9. The van der Waals surface area contributed by atoms with Gasteiger partial charge in [0.2, 0.25) is 17.8 Å². The van der Waals surface area contributed by atoms with Crippen LogP contribution < -0.4 is 30.5 Å². The van der Waals surface area contributed by atoms with Crippen LogP contribution in [0.1, 0.15) is 26.2 Å². The summed E-state index contributed by atoms with van der Waals surface area (Å²) in [6, 6.07) is 8.14. The summed E-state index contributed by atoms with van der Waals surface area (Å²) in [7, 11) is 0. The summed E-state index contributed by atoms with van der Waals surface area (Å²) < 4.78 is 5.82. The Morgan fingerprint density at radius 2 is 1.66 bits per heavy atom. The van der Waals surface area contributed by atoms with Gasteiger partial charge in [-0.15, -0.1) is 0 Å². The molecule has 0 bridgehead atoms. The molecule has 0 atom stereocenters. The lowest BCUT2D eigenvalue weighted by molar-refractivity contribution is -0.142. The van der Waals surface area contributed by atoms with Gasteiger partial charge in [-0.2, -0.15) is 15.0 Å². The molecule has 35 heavy (non-hydrogen) atoms. The second-order valence-corrected chi connectivity index (χ2v) is 8.80. The van der Waals surface area contributed by atoms with Crippen LogP contribution >= 0.6 is 0 Å². The minimum absolute atomic E-state index is 0.303. The number of carboxylic acid groups (broad SMARTS) is 1. The maximum Gasteiger partial charge on any atom is 0.306 e. The third-order valence-corrected chi connectivity index (χ3v) is 6.47. The SMILES string of the molecule is CCOc1ccccc1N1CCN(c2nc(NCCCN)nc(N3CCC(C(=O)O)CC3)n2)CC1. The molecule has 4 rings (SSSR count). The number of ether oxygens (including phenoxy) is 1. The lowest BCUT2D eigenvalue weighted by Crippen LogP contribution is -2.47. The summed E-state index contributed by atoms with van der Waals surface area (Å²) in [6.07, 6.45) is 1.99. The van der Waals surface area contributed by atoms with Gasteiger partial charge in [0.25, 0.3) is 0 Å². The maximum absolute atomic E-state index is 11.3. The molecule has 190 valence electrons. The normalized spacial score (nSPS) is 16.9. The van der Waals surface area contributed by atoms with Crippen LogP contribution in [0.25, 0.3) is 0 Å². The summed E-state index contributed by atoms with van der Waals surface area (Å²) >= 11 is 0. The number of para-hydroxylation sites is 2. The van der Waals surface area contributed by atoms with Gasteiger partial charge in [-0.05, 0) is 44.9 Å². The number of hydrogen-bond acceptors (Lipinski definition) is 10. The Balaban J connectivity index is 1.48. The average molecular weight is 485 g/mol. The van der Waals surface area contributed by atoms with Gasteiger partial charge in [-0.1, -0.05) is 12.1 Å². The molecule has 1 aromatic carbocycles. The van der Waals surface area contributed by atoms with Crippen molar-refractivity contribution in [2.24, 2.45) is 11.7 Å². The van der Waals surface area contributed by atoms with E-state index in [1.807, 2.05) is 25.1 Å². The Hall–Kier alpha value is -3.34. The highest BCUT2D eigenvalue weighted by atomic mass is 16.5. The first kappa shape index (κ1) is 24.8. The zero-order valence-electron chi connectivity index (χ0n) is 20.4. The van der Waals surface area contributed by atoms with Crippen LogP contribution in [0.4, 0.5) is 23.5 Å². The van der Waals surface area contributed by atoms with E-state index in [1.165, 1.54) is 0 Å². The van der Waals surface area contributed by atoms with Crippen LogP contribution in [-0.2, 0) is 4.79 Å². The van der Waals surface area contributed by atoms with E-state index in [0.717, 1.165) is 44.0 Å². The molecule has 2 aliphatic rings. The van der Waals surface area contributed by atoms with Crippen molar-refractivity contribution in [1.29, 1.82) is 0 Å². The van der Waals surface area contributed by atoms with Gasteiger partial charge in [0.05, 0.1) is 18.2 Å². The largest absolute Gasteiger partial charge is 0.492 e. The smallest absolute Gasteiger partial charge is 0.306 e. The van der Waals surface area contributed by atoms with Crippen LogP contribution in [0, 0.1) is 5.92 Å². The number of nitrogens with zero attached hydrogens (tertiary/aromatic N) is 6. The van der Waals surface area contributed by atoms with E-state index in [-0.39, 0.29) is 5.92 Å². The van der Waals surface area contributed by atoms with Crippen LogP contribution in [0.3, 0.4) is 0 Å². The van der Waals surface area contributed by atoms with E-state index >= 15 is 0 Å². The van der Waals surface area contributed by atoms with Gasteiger partial charge in [0.1, 0.15) is 5.75 Å². The quantitative estimate of drug-likeness (QED) is 0.425. The number of benzene rings is 1. The molecule has 3 heterocycles. The highest BCUT2D eigenvalue weighted by Crippen LogP contribution is 2.30. The fourth-order valence-corrected chi connectivity index (χ4v) is 4.49. The summed E-state index contributed by atoms with van der Waals surface area (Å²) in [4.78, 5) is 32.1. The van der Waals surface area contributed by atoms with Crippen molar-refractivity contribution in [3.8, 4) is 5.75 Å². The number of piperazine rings is 1. The third-order valence-electron chi connectivity index (χ3n) is 6.47. The zero-order chi connectivity index (χ0) is 24.6. The molecule has 0 aliphatic carbocycles. The fourth-order valence-electron chi connectivity index (χ4n) is 4.49. The number of hydrogen-bond donors (Lipinski definition) is 3. The van der Waals surface area contributed by atoms with Crippen molar-refractivity contribution < 1.29 is 14.6 Å². The maximum atomic E-state index is 11.3. The van der Waals surface area contributed by atoms with Crippen LogP contribution in [0.15, 0.2) is 24.3 Å². The van der Waals surface area contributed by atoms with Gasteiger partial charge in [0, 0.05) is 45.8 Å². The van der Waals surface area contributed by atoms with Crippen molar-refractivity contribution in [3.05, 3.63) is 24.3 Å². The van der Waals surface area contributed by atoms with Gasteiger partial charge in [-0.3, -0.25) is 4.79 Å². The van der Waals surface area contributed by atoms with Crippen molar-refractivity contribution in [2.45, 2.75) is 26.2 Å². The minimum Gasteiger partial charge on any atom is -0.492 e. The highest BCUT2D eigenvalue weighted by Gasteiger charge is 2.28. The van der Waals surface area contributed by atoms with Crippen molar-refractivity contribution in [3.63, 3.8) is 0 Å². The van der Waals surface area contributed by atoms with E-state index in [4.69, 9.17) is 20.4 Å². The first-order valence-electron chi connectivity index (χ1n) is 12.5. The Bertz CT molecular complexity index is 975. The Labute approximate surface area is 206 Å². The minimum atomic E-state index is -0.728. The van der Waals surface area contributed by atoms with Crippen LogP contribution in [0.5, 0.6) is 5.75 Å². The highest BCUT2D eigenvalue weighted by molar-refractivity contribution is 5.70. The Morgan fingerprint density at radius 3 is 2.29 bits per heavy atom. The number of nitrogens with one attached hydrogen (secondary N) is 1. The molecule has 4 N–H and O–H groups in total. The van der Waals surface area contributed by atoms with Crippen molar-refractivity contribution in [1.82, 2.24) is 15.0 Å². The van der Waals surface area contributed by atoms with E-state index < -0.39 is 5.97 Å². The molecule has 2 aliphatic heterocycles. The summed E-state index contributed by atoms with van der Waals surface area (Å²) in [5.74, 6) is 1.64. The molecule has 0 unspecified atom stereocenters. The van der Waals surface area contributed by atoms with Gasteiger partial charge >= 0.3 is 5.97 Å². The third kappa shape index (κ3) is 6.21. The molecule has 0 amide bonds. The van der Waals surface area contributed by atoms with Gasteiger partial charge < -0.3 is 35.6 Å². The molecule has 0 radical (unpaired) electrons. The van der Waals surface area contributed by atoms with Crippen molar-refractivity contribution >= 4 is 29.5 Å². The molecule has 11 nitrogen and oxygen atoms in total. The molecule has 2 aromatic rings. The number of carboxylic acids is 1. The predicted molar refractivity (Wildman–Crippen MR) is 137 cm³/mol. The number of anilines is 4. The number of aliphatic carboxylic acids is 1. The summed E-state index contributed by atoms with van der Waals surface area (Å²) in [5.41, 5.74) is 6.75. The molecule has 11 heteroatoms. The number of aromatic nitrogens is 3. The molecule has 1 aromatic heterocycles. The Kier molecular flexibility index (Phi) is 8.40. The molecule has 2 fully saturated rings. The standard InChI is InChI=1S/C24H36N8O3/c1-2-35-20-7-4-3-6-19(20)30-14-16-32(17-15-30)24-28-22(26-11-5-10-25)27-23(29-24)31-12-8-18(9-13-31)21(33)34/h3-4,6-7,18H,2,5,8-17,25H2,1H3,(H,33,34)(H,26,27,28,29). The first-order valence-corrected chi connectivity index (χ1v) is 12.5.